The fourth-order valence-electron chi connectivity index (χ4n) is 9.81. The average molecular weight is 625 g/mol. The number of amides is 2. The molecule has 0 aliphatic heterocycles. The molecule has 0 radical (unpaired) electrons. The average Bonchev–Trinajstić information content (AvgIpc) is 3.34. The lowest BCUT2D eigenvalue weighted by molar-refractivity contribution is -0.158. The van der Waals surface area contributed by atoms with Gasteiger partial charge in [-0.25, -0.2) is 0 Å². The molecule has 0 bridgehead atoms. The van der Waals surface area contributed by atoms with E-state index in [0.717, 1.165) is 76.7 Å². The highest BCUT2D eigenvalue weighted by Crippen LogP contribution is 2.67. The molecule has 1 aromatic carbocycles. The number of ether oxygens (including phenoxy) is 1. The van der Waals surface area contributed by atoms with Gasteiger partial charge in [-0.05, 0) is 105 Å². The monoisotopic (exact) mass is 624 g/mol. The second kappa shape index (κ2) is 13.3. The maximum Gasteiger partial charge on any atom is 0.306 e. The smallest absolute Gasteiger partial charge is 0.306 e. The molecule has 0 spiro atoms. The van der Waals surface area contributed by atoms with Gasteiger partial charge >= 0.3 is 5.97 Å². The van der Waals surface area contributed by atoms with Crippen molar-refractivity contribution >= 4 is 23.5 Å². The summed E-state index contributed by atoms with van der Waals surface area (Å²) >= 11 is 0. The Kier molecular flexibility index (Phi) is 9.87. The van der Waals surface area contributed by atoms with E-state index in [1.807, 2.05) is 0 Å². The summed E-state index contributed by atoms with van der Waals surface area (Å²) in [5, 5.41) is 33.0. The Morgan fingerprint density at radius 1 is 1.04 bits per heavy atom. The van der Waals surface area contributed by atoms with Crippen LogP contribution in [0.3, 0.4) is 0 Å². The second-order valence-corrected chi connectivity index (χ2v) is 14.7. The molecule has 6 N–H and O–H groups in total. The molecule has 0 saturated heterocycles. The van der Waals surface area contributed by atoms with Crippen LogP contribution in [0.25, 0.3) is 0 Å². The van der Waals surface area contributed by atoms with Crippen LogP contribution >= 0.6 is 0 Å². The number of esters is 1. The molecule has 45 heavy (non-hydrogen) atoms. The Morgan fingerprint density at radius 2 is 1.82 bits per heavy atom. The van der Waals surface area contributed by atoms with Crippen LogP contribution in [0.1, 0.15) is 121 Å². The highest BCUT2D eigenvalue weighted by molar-refractivity contribution is 6.02. The number of fused-ring (bicyclic) bond motifs is 5. The second-order valence-electron chi connectivity index (χ2n) is 14.7. The highest BCUT2D eigenvalue weighted by Gasteiger charge is 2.60. The van der Waals surface area contributed by atoms with Gasteiger partial charge in [0.2, 0.25) is 5.91 Å². The number of unbranched alkanes of at least 4 members (excludes halogenated alkanes) is 2. The largest absolute Gasteiger partial charge is 0.507 e. The standard InChI is InChI=1S/C36H52N2O7/c1-4-5-6-7-29(45-31(42)15-14-30(41)38-27-12-13-28(40)32(33(27)43)34(37)44)26-11-10-24-23-9-8-21-20-22(39)16-18-35(21,2)25(23)17-19-36(24,26)3/h8,12-13,22-26,29,39-40,43H,4-7,9-11,14-20H2,1-3H3,(H2,37,44)(H,38,41). The molecule has 3 fully saturated rings. The SMILES string of the molecule is CCCCCC(OC(=O)CCC(=O)Nc1ccc(O)c(C(N)=O)c1O)C1CCC2C3CC=C4CC(O)CCC4(C)C3CCC12C. The minimum Gasteiger partial charge on any atom is -0.507 e. The number of carbonyl (C=O) groups excluding carboxylic acids is 3. The predicted octanol–water partition coefficient (Wildman–Crippen LogP) is 6.35. The fourth-order valence-corrected chi connectivity index (χ4v) is 9.81. The Labute approximate surface area is 267 Å². The molecule has 9 nitrogen and oxygen atoms in total. The van der Waals surface area contributed by atoms with E-state index in [-0.39, 0.29) is 47.5 Å². The zero-order chi connectivity index (χ0) is 32.5. The van der Waals surface area contributed by atoms with E-state index < -0.39 is 34.8 Å². The molecule has 0 heterocycles. The van der Waals surface area contributed by atoms with E-state index >= 15 is 0 Å². The highest BCUT2D eigenvalue weighted by atomic mass is 16.5. The first kappa shape index (κ1) is 33.3. The van der Waals surface area contributed by atoms with Crippen molar-refractivity contribution in [2.75, 3.05) is 5.32 Å². The van der Waals surface area contributed by atoms with E-state index in [2.05, 4.69) is 32.2 Å². The van der Waals surface area contributed by atoms with Gasteiger partial charge in [-0.3, -0.25) is 14.4 Å². The predicted molar refractivity (Wildman–Crippen MR) is 171 cm³/mol. The van der Waals surface area contributed by atoms with Crippen molar-refractivity contribution < 1.29 is 34.4 Å². The molecular weight excluding hydrogens is 572 g/mol. The van der Waals surface area contributed by atoms with E-state index in [9.17, 15) is 29.7 Å². The molecule has 4 aliphatic rings. The van der Waals surface area contributed by atoms with Gasteiger partial charge in [0, 0.05) is 12.3 Å². The third-order valence-electron chi connectivity index (χ3n) is 12.2. The number of anilines is 1. The lowest BCUT2D eigenvalue weighted by Gasteiger charge is -2.58. The first-order chi connectivity index (χ1) is 21.4. The van der Waals surface area contributed by atoms with Crippen LogP contribution in [-0.2, 0) is 14.3 Å². The van der Waals surface area contributed by atoms with Crippen molar-refractivity contribution in [2.45, 2.75) is 123 Å². The summed E-state index contributed by atoms with van der Waals surface area (Å²) in [5.74, 6) is -0.914. The van der Waals surface area contributed by atoms with Gasteiger partial charge < -0.3 is 31.1 Å². The molecule has 9 heteroatoms. The molecule has 5 rings (SSSR count). The number of hydrogen-bond donors (Lipinski definition) is 5. The summed E-state index contributed by atoms with van der Waals surface area (Å²) in [6.07, 6.45) is 14.2. The Morgan fingerprint density at radius 3 is 2.56 bits per heavy atom. The van der Waals surface area contributed by atoms with Crippen molar-refractivity contribution in [3.05, 3.63) is 29.3 Å². The van der Waals surface area contributed by atoms with Crippen LogP contribution in [0.15, 0.2) is 23.8 Å². The number of aliphatic hydroxyl groups is 1. The van der Waals surface area contributed by atoms with E-state index in [1.54, 1.807) is 0 Å². The van der Waals surface area contributed by atoms with Crippen LogP contribution < -0.4 is 11.1 Å². The number of hydrogen-bond acceptors (Lipinski definition) is 7. The van der Waals surface area contributed by atoms with Crippen LogP contribution in [0.4, 0.5) is 5.69 Å². The summed E-state index contributed by atoms with van der Waals surface area (Å²) in [6, 6.07) is 2.43. The van der Waals surface area contributed by atoms with E-state index in [4.69, 9.17) is 10.5 Å². The van der Waals surface area contributed by atoms with Crippen LogP contribution in [0.2, 0.25) is 0 Å². The summed E-state index contributed by atoms with van der Waals surface area (Å²) in [7, 11) is 0. The van der Waals surface area contributed by atoms with Crippen LogP contribution in [0.5, 0.6) is 11.5 Å². The van der Waals surface area contributed by atoms with Crippen molar-refractivity contribution in [1.29, 1.82) is 0 Å². The minimum absolute atomic E-state index is 0.0686. The zero-order valence-electron chi connectivity index (χ0n) is 27.1. The molecule has 8 unspecified atom stereocenters. The number of allylic oxidation sites excluding steroid dienone is 1. The van der Waals surface area contributed by atoms with Crippen molar-refractivity contribution in [3.63, 3.8) is 0 Å². The summed E-state index contributed by atoms with van der Waals surface area (Å²) in [5.41, 5.74) is 6.45. The lowest BCUT2D eigenvalue weighted by Crippen LogP contribution is -2.51. The Bertz CT molecular complexity index is 1330. The number of nitrogens with one attached hydrogen (secondary N) is 1. The zero-order valence-corrected chi connectivity index (χ0v) is 27.1. The van der Waals surface area contributed by atoms with Gasteiger partial charge in [0.25, 0.3) is 5.91 Å². The molecule has 8 atom stereocenters. The number of phenols is 2. The summed E-state index contributed by atoms with van der Waals surface area (Å²) in [4.78, 5) is 37.5. The third kappa shape index (κ3) is 6.47. The molecule has 1 aromatic rings. The fraction of sp³-hybridized carbons (Fsp3) is 0.694. The van der Waals surface area contributed by atoms with Gasteiger partial charge in [0.1, 0.15) is 17.4 Å². The van der Waals surface area contributed by atoms with E-state index in [0.29, 0.717) is 17.8 Å². The molecule has 4 aliphatic carbocycles. The number of nitrogens with two attached hydrogens (primary N) is 1. The minimum atomic E-state index is -1.03. The maximum absolute atomic E-state index is 13.2. The number of benzene rings is 1. The number of aromatic hydroxyl groups is 2. The molecular formula is C36H52N2O7. The number of aliphatic hydroxyl groups excluding tert-OH is 1. The molecule has 248 valence electrons. The van der Waals surface area contributed by atoms with Gasteiger partial charge in [0.15, 0.2) is 5.75 Å². The maximum atomic E-state index is 13.2. The number of primary amides is 1. The first-order valence-corrected chi connectivity index (χ1v) is 17.1. The van der Waals surface area contributed by atoms with Crippen molar-refractivity contribution in [2.24, 2.45) is 40.2 Å². The quantitative estimate of drug-likeness (QED) is 0.0631. The topological polar surface area (TPSA) is 159 Å². The molecule has 2 amide bonds. The van der Waals surface area contributed by atoms with E-state index in [1.165, 1.54) is 18.1 Å². The summed E-state index contributed by atoms with van der Waals surface area (Å²) < 4.78 is 6.24. The van der Waals surface area contributed by atoms with Crippen LogP contribution in [-0.4, -0.2) is 45.3 Å². The molecule has 0 aromatic heterocycles. The van der Waals surface area contributed by atoms with Gasteiger partial charge in [-0.15, -0.1) is 0 Å². The van der Waals surface area contributed by atoms with Gasteiger partial charge in [0.05, 0.1) is 18.2 Å². The first-order valence-electron chi connectivity index (χ1n) is 17.1. The summed E-state index contributed by atoms with van der Waals surface area (Å²) in [6.45, 7) is 7.06. The molecule has 3 saturated carbocycles. The van der Waals surface area contributed by atoms with Crippen LogP contribution in [0, 0.1) is 34.5 Å². The Balaban J connectivity index is 1.24. The number of rotatable bonds is 11. The third-order valence-corrected chi connectivity index (χ3v) is 12.2. The normalized spacial score (nSPS) is 32.8. The number of carbonyl (C=O) groups is 3. The lowest BCUT2D eigenvalue weighted by atomic mass is 9.47. The van der Waals surface area contributed by atoms with Crippen molar-refractivity contribution in [1.82, 2.24) is 0 Å². The Hall–Kier alpha value is -3.07. The van der Waals surface area contributed by atoms with Crippen molar-refractivity contribution in [3.8, 4) is 11.5 Å². The van der Waals surface area contributed by atoms with Gasteiger partial charge in [-0.2, -0.15) is 0 Å². The van der Waals surface area contributed by atoms with Gasteiger partial charge in [-0.1, -0.05) is 45.3 Å².